The summed E-state index contributed by atoms with van der Waals surface area (Å²) in [6, 6.07) is 0. The van der Waals surface area contributed by atoms with Gasteiger partial charge in [-0.15, -0.1) is 0 Å². The summed E-state index contributed by atoms with van der Waals surface area (Å²) in [5.74, 6) is 1.30. The van der Waals surface area contributed by atoms with Crippen LogP contribution in [0.4, 0.5) is 0 Å². The van der Waals surface area contributed by atoms with E-state index >= 15 is 0 Å². The molecule has 2 aliphatic heterocycles. The maximum atomic E-state index is 3.79. The summed E-state index contributed by atoms with van der Waals surface area (Å²) in [5, 5.41) is 6.01. The van der Waals surface area contributed by atoms with Gasteiger partial charge < -0.3 is 5.32 Å². The molecule has 0 aromatic carbocycles. The predicted octanol–water partition coefficient (Wildman–Crippen LogP) is 3.01. The number of hydrazine groups is 1. The number of fused-ring (bicyclic) bond motifs is 1. The van der Waals surface area contributed by atoms with Crippen molar-refractivity contribution in [1.82, 2.24) is 15.8 Å². The van der Waals surface area contributed by atoms with Gasteiger partial charge in [0, 0.05) is 24.0 Å². The molecule has 0 aliphatic carbocycles. The standard InChI is InChI=1S/C15H29N3/c1-5-14(6-2)11-16-13-9-10-15(7-3,8-4)17-18(13)12-14/h9,16-17H,5-8,10-12H2,1-4H3. The van der Waals surface area contributed by atoms with E-state index in [9.17, 15) is 0 Å². The topological polar surface area (TPSA) is 27.3 Å². The average Bonchev–Trinajstić information content (AvgIpc) is 2.45. The quantitative estimate of drug-likeness (QED) is 0.804. The van der Waals surface area contributed by atoms with Gasteiger partial charge in [-0.2, -0.15) is 0 Å². The van der Waals surface area contributed by atoms with Gasteiger partial charge in [0.15, 0.2) is 0 Å². The predicted molar refractivity (Wildman–Crippen MR) is 76.9 cm³/mol. The molecule has 3 nitrogen and oxygen atoms in total. The first-order valence-electron chi connectivity index (χ1n) is 7.62. The summed E-state index contributed by atoms with van der Waals surface area (Å²) in [7, 11) is 0. The third-order valence-electron chi connectivity index (χ3n) is 5.34. The van der Waals surface area contributed by atoms with E-state index < -0.39 is 0 Å². The molecule has 104 valence electrons. The van der Waals surface area contributed by atoms with Crippen LogP contribution in [0.3, 0.4) is 0 Å². The normalized spacial score (nSPS) is 25.1. The van der Waals surface area contributed by atoms with Crippen LogP contribution in [-0.4, -0.2) is 23.6 Å². The van der Waals surface area contributed by atoms with Gasteiger partial charge in [-0.3, -0.25) is 5.01 Å². The van der Waals surface area contributed by atoms with Crippen molar-refractivity contribution in [2.24, 2.45) is 5.41 Å². The molecule has 2 N–H and O–H groups in total. The molecule has 1 fully saturated rings. The minimum absolute atomic E-state index is 0.274. The summed E-state index contributed by atoms with van der Waals surface area (Å²) >= 11 is 0. The Hall–Kier alpha value is -0.700. The smallest absolute Gasteiger partial charge is 0.112 e. The van der Waals surface area contributed by atoms with Crippen molar-refractivity contribution < 1.29 is 0 Å². The monoisotopic (exact) mass is 251 g/mol. The largest absolute Gasteiger partial charge is 0.370 e. The van der Waals surface area contributed by atoms with E-state index in [0.29, 0.717) is 5.41 Å². The Labute approximate surface area is 112 Å². The van der Waals surface area contributed by atoms with Gasteiger partial charge in [0.2, 0.25) is 0 Å². The van der Waals surface area contributed by atoms with Crippen molar-refractivity contribution >= 4 is 0 Å². The average molecular weight is 251 g/mol. The van der Waals surface area contributed by atoms with E-state index in [1.807, 2.05) is 0 Å². The fourth-order valence-corrected chi connectivity index (χ4v) is 3.18. The number of hydrogen-bond donors (Lipinski definition) is 2. The Morgan fingerprint density at radius 3 is 2.33 bits per heavy atom. The van der Waals surface area contributed by atoms with E-state index in [1.54, 1.807) is 0 Å². The van der Waals surface area contributed by atoms with Gasteiger partial charge >= 0.3 is 0 Å². The highest BCUT2D eigenvalue weighted by Crippen LogP contribution is 2.35. The van der Waals surface area contributed by atoms with Gasteiger partial charge in [-0.25, -0.2) is 5.43 Å². The van der Waals surface area contributed by atoms with Crippen LogP contribution >= 0.6 is 0 Å². The minimum Gasteiger partial charge on any atom is -0.370 e. The van der Waals surface area contributed by atoms with Crippen LogP contribution in [0.25, 0.3) is 0 Å². The Kier molecular flexibility index (Phi) is 3.90. The number of nitrogens with zero attached hydrogens (tertiary/aromatic N) is 1. The van der Waals surface area contributed by atoms with Crippen molar-refractivity contribution in [3.8, 4) is 0 Å². The highest BCUT2D eigenvalue weighted by atomic mass is 15.6. The van der Waals surface area contributed by atoms with Crippen LogP contribution in [-0.2, 0) is 0 Å². The molecular weight excluding hydrogens is 222 g/mol. The van der Waals surface area contributed by atoms with Crippen molar-refractivity contribution in [3.63, 3.8) is 0 Å². The van der Waals surface area contributed by atoms with Crippen molar-refractivity contribution in [3.05, 3.63) is 11.9 Å². The Bertz CT molecular complexity index is 314. The van der Waals surface area contributed by atoms with Crippen molar-refractivity contribution in [2.45, 2.75) is 65.3 Å². The molecule has 0 aromatic heterocycles. The van der Waals surface area contributed by atoms with Crippen LogP contribution < -0.4 is 10.7 Å². The molecule has 0 amide bonds. The SMILES string of the molecule is CCC1(CC)CNC2=CCC(CC)(CC)NN2C1. The Balaban J connectivity index is 2.16. The fraction of sp³-hybridized carbons (Fsp3) is 0.867. The molecular formula is C15H29N3. The molecule has 3 heteroatoms. The summed E-state index contributed by atoms with van der Waals surface area (Å²) < 4.78 is 0. The summed E-state index contributed by atoms with van der Waals surface area (Å²) in [6.45, 7) is 11.5. The van der Waals surface area contributed by atoms with E-state index in [0.717, 1.165) is 19.5 Å². The maximum Gasteiger partial charge on any atom is 0.112 e. The third kappa shape index (κ3) is 2.25. The van der Waals surface area contributed by atoms with Crippen LogP contribution in [0.2, 0.25) is 0 Å². The van der Waals surface area contributed by atoms with Crippen LogP contribution in [0.5, 0.6) is 0 Å². The summed E-state index contributed by atoms with van der Waals surface area (Å²) in [4.78, 5) is 0. The fourth-order valence-electron chi connectivity index (χ4n) is 3.18. The molecule has 0 atom stereocenters. The minimum atomic E-state index is 0.274. The second-order valence-electron chi connectivity index (χ2n) is 6.04. The molecule has 18 heavy (non-hydrogen) atoms. The van der Waals surface area contributed by atoms with Crippen LogP contribution in [0.15, 0.2) is 11.9 Å². The van der Waals surface area contributed by atoms with Crippen LogP contribution in [0.1, 0.15) is 59.8 Å². The molecule has 0 radical (unpaired) electrons. The number of nitrogens with one attached hydrogen (secondary N) is 2. The van der Waals surface area contributed by atoms with E-state index in [2.05, 4.69) is 49.5 Å². The first kappa shape index (κ1) is 13.7. The lowest BCUT2D eigenvalue weighted by Gasteiger charge is -2.51. The highest BCUT2D eigenvalue weighted by Gasteiger charge is 2.39. The second kappa shape index (κ2) is 5.12. The van der Waals surface area contributed by atoms with Gasteiger partial charge in [-0.05, 0) is 38.2 Å². The van der Waals surface area contributed by atoms with E-state index in [-0.39, 0.29) is 5.54 Å². The van der Waals surface area contributed by atoms with Crippen LogP contribution in [0, 0.1) is 5.41 Å². The van der Waals surface area contributed by atoms with E-state index in [4.69, 9.17) is 0 Å². The van der Waals surface area contributed by atoms with E-state index in [1.165, 1.54) is 31.5 Å². The lowest BCUT2D eigenvalue weighted by atomic mass is 9.80. The summed E-state index contributed by atoms with van der Waals surface area (Å²) in [6.07, 6.45) is 8.40. The Morgan fingerprint density at radius 2 is 1.78 bits per heavy atom. The third-order valence-corrected chi connectivity index (χ3v) is 5.34. The van der Waals surface area contributed by atoms with Gasteiger partial charge in [0.05, 0.1) is 0 Å². The second-order valence-corrected chi connectivity index (χ2v) is 6.04. The molecule has 2 aliphatic rings. The lowest BCUT2D eigenvalue weighted by molar-refractivity contribution is 0.0253. The van der Waals surface area contributed by atoms with Crippen molar-refractivity contribution in [1.29, 1.82) is 0 Å². The maximum absolute atomic E-state index is 3.79. The van der Waals surface area contributed by atoms with Gasteiger partial charge in [-0.1, -0.05) is 27.7 Å². The zero-order chi connectivity index (χ0) is 13.2. The van der Waals surface area contributed by atoms with Crippen molar-refractivity contribution in [2.75, 3.05) is 13.1 Å². The lowest BCUT2D eigenvalue weighted by Crippen LogP contribution is -2.64. The first-order chi connectivity index (χ1) is 8.62. The molecule has 0 saturated carbocycles. The molecule has 0 aromatic rings. The first-order valence-corrected chi connectivity index (χ1v) is 7.62. The molecule has 0 spiro atoms. The van der Waals surface area contributed by atoms with Gasteiger partial charge in [0.1, 0.15) is 5.82 Å². The number of rotatable bonds is 4. The zero-order valence-electron chi connectivity index (χ0n) is 12.5. The highest BCUT2D eigenvalue weighted by molar-refractivity contribution is 5.12. The molecule has 2 heterocycles. The summed E-state index contributed by atoms with van der Waals surface area (Å²) in [5.41, 5.74) is 4.49. The Morgan fingerprint density at radius 1 is 1.11 bits per heavy atom. The zero-order valence-corrected chi connectivity index (χ0v) is 12.5. The molecule has 0 unspecified atom stereocenters. The molecule has 0 bridgehead atoms. The molecule has 2 rings (SSSR count). The number of hydrogen-bond acceptors (Lipinski definition) is 3. The molecule has 1 saturated heterocycles. The van der Waals surface area contributed by atoms with Gasteiger partial charge in [0.25, 0.3) is 0 Å².